The fourth-order valence-corrected chi connectivity index (χ4v) is 3.04. The number of rotatable bonds is 2. The molecule has 0 unspecified atom stereocenters. The largest absolute Gasteiger partial charge is 0.333 e. The van der Waals surface area contributed by atoms with E-state index in [1.165, 1.54) is 18.2 Å². The zero-order chi connectivity index (χ0) is 14.9. The number of hydrogen-bond donors (Lipinski definition) is 1. The Morgan fingerprint density at radius 3 is 2.75 bits per heavy atom. The van der Waals surface area contributed by atoms with E-state index in [1.54, 1.807) is 4.90 Å². The van der Waals surface area contributed by atoms with Crippen LogP contribution in [0.15, 0.2) is 23.1 Å². The first-order valence-corrected chi connectivity index (χ1v) is 8.59. The third kappa shape index (κ3) is 3.13. The van der Waals surface area contributed by atoms with Gasteiger partial charge in [0.15, 0.2) is 9.84 Å². The maximum absolute atomic E-state index is 12.5. The van der Waals surface area contributed by atoms with Crippen molar-refractivity contribution in [3.63, 3.8) is 0 Å². The zero-order valence-corrected chi connectivity index (χ0v) is 13.0. The van der Waals surface area contributed by atoms with Crippen LogP contribution in [0.5, 0.6) is 0 Å². The Bertz CT molecular complexity index is 631. The molecule has 1 saturated heterocycles. The van der Waals surface area contributed by atoms with Gasteiger partial charge in [-0.25, -0.2) is 8.42 Å². The molecule has 20 heavy (non-hydrogen) atoms. The van der Waals surface area contributed by atoms with Gasteiger partial charge >= 0.3 is 0 Å². The molecule has 1 amide bonds. The Labute approximate surface area is 123 Å². The molecule has 0 aliphatic carbocycles. The molecular formula is C13H17ClN2O3S. The summed E-state index contributed by atoms with van der Waals surface area (Å²) in [6.45, 7) is 3.96. The van der Waals surface area contributed by atoms with Crippen LogP contribution in [0.3, 0.4) is 0 Å². The Balaban J connectivity index is 2.38. The molecule has 1 atom stereocenters. The fraction of sp³-hybridized carbons (Fsp3) is 0.462. The lowest BCUT2D eigenvalue weighted by Crippen LogP contribution is -2.52. The standard InChI is InChI=1S/C13H17ClN2O3S/c1-9-8-15-5-6-16(9)13(17)11-7-10(20(2,18)19)3-4-12(11)14/h3-4,7,9,15H,5-6,8H2,1-2H3/t9-/m1/s1. The van der Waals surface area contributed by atoms with Crippen molar-refractivity contribution in [1.82, 2.24) is 10.2 Å². The van der Waals surface area contributed by atoms with E-state index in [4.69, 9.17) is 11.6 Å². The SMILES string of the molecule is C[C@@H]1CNCCN1C(=O)c1cc(S(C)(=O)=O)ccc1Cl. The molecule has 1 aliphatic heterocycles. The molecular weight excluding hydrogens is 300 g/mol. The summed E-state index contributed by atoms with van der Waals surface area (Å²) in [7, 11) is -3.36. The normalized spacial score (nSPS) is 19.9. The lowest BCUT2D eigenvalue weighted by Gasteiger charge is -2.34. The summed E-state index contributed by atoms with van der Waals surface area (Å²) in [6, 6.07) is 4.27. The summed E-state index contributed by atoms with van der Waals surface area (Å²) in [5.74, 6) is -0.227. The average molecular weight is 317 g/mol. The van der Waals surface area contributed by atoms with Gasteiger partial charge in [-0.05, 0) is 25.1 Å². The number of carbonyl (C=O) groups excluding carboxylic acids is 1. The quantitative estimate of drug-likeness (QED) is 0.889. The van der Waals surface area contributed by atoms with Gasteiger partial charge in [0.25, 0.3) is 5.91 Å². The van der Waals surface area contributed by atoms with Crippen LogP contribution in [0.2, 0.25) is 5.02 Å². The number of halogens is 1. The second-order valence-corrected chi connectivity index (χ2v) is 7.39. The van der Waals surface area contributed by atoms with Gasteiger partial charge in [-0.1, -0.05) is 11.6 Å². The van der Waals surface area contributed by atoms with E-state index in [1.807, 2.05) is 6.92 Å². The molecule has 1 aromatic carbocycles. The van der Waals surface area contributed by atoms with Gasteiger partial charge in [-0.15, -0.1) is 0 Å². The monoisotopic (exact) mass is 316 g/mol. The van der Waals surface area contributed by atoms with Crippen molar-refractivity contribution in [3.05, 3.63) is 28.8 Å². The maximum Gasteiger partial charge on any atom is 0.255 e. The van der Waals surface area contributed by atoms with E-state index >= 15 is 0 Å². The van der Waals surface area contributed by atoms with Crippen LogP contribution in [0, 0.1) is 0 Å². The van der Waals surface area contributed by atoms with Gasteiger partial charge in [0, 0.05) is 31.9 Å². The third-order valence-corrected chi connectivity index (χ3v) is 4.80. The second kappa shape index (κ2) is 5.71. The van der Waals surface area contributed by atoms with Crippen molar-refractivity contribution in [2.45, 2.75) is 17.9 Å². The van der Waals surface area contributed by atoms with Crippen molar-refractivity contribution in [1.29, 1.82) is 0 Å². The number of benzene rings is 1. The highest BCUT2D eigenvalue weighted by atomic mass is 35.5. The first kappa shape index (κ1) is 15.3. The highest BCUT2D eigenvalue weighted by molar-refractivity contribution is 7.90. The molecule has 7 heteroatoms. The number of carbonyl (C=O) groups is 1. The van der Waals surface area contributed by atoms with Crippen LogP contribution in [0.1, 0.15) is 17.3 Å². The van der Waals surface area contributed by atoms with E-state index in [9.17, 15) is 13.2 Å². The maximum atomic E-state index is 12.5. The topological polar surface area (TPSA) is 66.5 Å². The Morgan fingerprint density at radius 1 is 1.45 bits per heavy atom. The van der Waals surface area contributed by atoms with Crippen LogP contribution in [0.4, 0.5) is 0 Å². The molecule has 5 nitrogen and oxygen atoms in total. The first-order valence-electron chi connectivity index (χ1n) is 6.32. The van der Waals surface area contributed by atoms with Crippen molar-refractivity contribution in [2.75, 3.05) is 25.9 Å². The number of nitrogens with zero attached hydrogens (tertiary/aromatic N) is 1. The first-order chi connectivity index (χ1) is 9.30. The fourth-order valence-electron chi connectivity index (χ4n) is 2.20. The Kier molecular flexibility index (Phi) is 4.36. The number of piperazine rings is 1. The summed E-state index contributed by atoms with van der Waals surface area (Å²) in [5.41, 5.74) is 0.239. The number of amides is 1. The summed E-state index contributed by atoms with van der Waals surface area (Å²) < 4.78 is 23.2. The molecule has 1 fully saturated rings. The van der Waals surface area contributed by atoms with Crippen molar-refractivity contribution in [2.24, 2.45) is 0 Å². The summed E-state index contributed by atoms with van der Waals surface area (Å²) >= 11 is 6.05. The van der Waals surface area contributed by atoms with Crippen LogP contribution < -0.4 is 5.32 Å². The van der Waals surface area contributed by atoms with E-state index in [0.29, 0.717) is 6.54 Å². The number of hydrogen-bond acceptors (Lipinski definition) is 4. The van der Waals surface area contributed by atoms with Gasteiger partial charge in [0.2, 0.25) is 0 Å². The Hall–Kier alpha value is -1.11. The van der Waals surface area contributed by atoms with E-state index in [2.05, 4.69) is 5.32 Å². The number of nitrogens with one attached hydrogen (secondary N) is 1. The van der Waals surface area contributed by atoms with Crippen LogP contribution >= 0.6 is 11.6 Å². The third-order valence-electron chi connectivity index (χ3n) is 3.36. The minimum Gasteiger partial charge on any atom is -0.333 e. The predicted octanol–water partition coefficient (Wildman–Crippen LogP) is 1.18. The van der Waals surface area contributed by atoms with Gasteiger partial charge < -0.3 is 10.2 Å². The highest BCUT2D eigenvalue weighted by Crippen LogP contribution is 2.23. The molecule has 1 heterocycles. The van der Waals surface area contributed by atoms with Gasteiger partial charge in [0.05, 0.1) is 15.5 Å². The molecule has 0 spiro atoms. The smallest absolute Gasteiger partial charge is 0.255 e. The minimum absolute atomic E-state index is 0.0502. The molecule has 0 radical (unpaired) electrons. The van der Waals surface area contributed by atoms with E-state index in [0.717, 1.165) is 19.3 Å². The molecule has 2 rings (SSSR count). The minimum atomic E-state index is -3.36. The zero-order valence-electron chi connectivity index (χ0n) is 11.4. The van der Waals surface area contributed by atoms with Gasteiger partial charge in [-0.3, -0.25) is 4.79 Å². The molecule has 0 saturated carbocycles. The summed E-state index contributed by atoms with van der Waals surface area (Å²) in [4.78, 5) is 14.3. The Morgan fingerprint density at radius 2 is 2.15 bits per heavy atom. The summed E-state index contributed by atoms with van der Waals surface area (Å²) in [6.07, 6.45) is 1.11. The second-order valence-electron chi connectivity index (χ2n) is 4.97. The lowest BCUT2D eigenvalue weighted by molar-refractivity contribution is 0.0655. The van der Waals surface area contributed by atoms with Gasteiger partial charge in [-0.2, -0.15) is 0 Å². The van der Waals surface area contributed by atoms with E-state index in [-0.39, 0.29) is 27.4 Å². The van der Waals surface area contributed by atoms with E-state index < -0.39 is 9.84 Å². The molecule has 0 bridgehead atoms. The van der Waals surface area contributed by atoms with Crippen molar-refractivity contribution < 1.29 is 13.2 Å². The average Bonchev–Trinajstić information content (AvgIpc) is 2.37. The predicted molar refractivity (Wildman–Crippen MR) is 77.9 cm³/mol. The lowest BCUT2D eigenvalue weighted by atomic mass is 10.1. The van der Waals surface area contributed by atoms with Crippen LogP contribution in [0.25, 0.3) is 0 Å². The van der Waals surface area contributed by atoms with Crippen LogP contribution in [-0.4, -0.2) is 51.2 Å². The van der Waals surface area contributed by atoms with Crippen LogP contribution in [-0.2, 0) is 9.84 Å². The molecule has 110 valence electrons. The summed E-state index contributed by atoms with van der Waals surface area (Å²) in [5, 5.41) is 3.47. The molecule has 1 aromatic rings. The van der Waals surface area contributed by atoms with Crippen molar-refractivity contribution >= 4 is 27.3 Å². The van der Waals surface area contributed by atoms with Crippen molar-refractivity contribution in [3.8, 4) is 0 Å². The number of sulfone groups is 1. The highest BCUT2D eigenvalue weighted by Gasteiger charge is 2.26. The van der Waals surface area contributed by atoms with Gasteiger partial charge in [0.1, 0.15) is 0 Å². The molecule has 1 aliphatic rings. The molecule has 0 aromatic heterocycles. The molecule has 1 N–H and O–H groups in total.